The summed E-state index contributed by atoms with van der Waals surface area (Å²) in [5.74, 6) is 0. The minimum atomic E-state index is -4.24. The van der Waals surface area contributed by atoms with Gasteiger partial charge in [-0.15, -0.1) is 31.4 Å². The molecule has 22 heavy (non-hydrogen) atoms. The van der Waals surface area contributed by atoms with Gasteiger partial charge in [-0.25, -0.2) is 0 Å². The van der Waals surface area contributed by atoms with E-state index < -0.39 is 5.51 Å². The first kappa shape index (κ1) is 21.6. The molecule has 0 amide bonds. The van der Waals surface area contributed by atoms with Gasteiger partial charge in [-0.2, -0.15) is 13.2 Å². The Morgan fingerprint density at radius 3 is 2.14 bits per heavy atom. The van der Waals surface area contributed by atoms with Crippen molar-refractivity contribution in [2.75, 3.05) is 26.2 Å². The van der Waals surface area contributed by atoms with E-state index in [0.717, 1.165) is 31.7 Å². The summed E-state index contributed by atoms with van der Waals surface area (Å²) in [5.41, 5.74) is -3.26. The van der Waals surface area contributed by atoms with Crippen molar-refractivity contribution in [1.82, 2.24) is 10.2 Å². The van der Waals surface area contributed by atoms with Crippen LogP contribution in [0.3, 0.4) is 0 Å². The van der Waals surface area contributed by atoms with Crippen LogP contribution >= 0.6 is 36.6 Å². The van der Waals surface area contributed by atoms with Crippen LogP contribution in [0.1, 0.15) is 11.6 Å². The maximum Gasteiger partial charge on any atom is 0.446 e. The summed E-state index contributed by atoms with van der Waals surface area (Å²) < 4.78 is 36.9. The molecule has 0 saturated carbocycles. The van der Waals surface area contributed by atoms with E-state index >= 15 is 0 Å². The fraction of sp³-hybridized carbons (Fsp3) is 0.429. The minimum absolute atomic E-state index is 0. The number of rotatable bonds is 4. The van der Waals surface area contributed by atoms with Crippen molar-refractivity contribution in [3.63, 3.8) is 0 Å². The average Bonchev–Trinajstić information content (AvgIpc) is 2.41. The van der Waals surface area contributed by atoms with Crippen LogP contribution < -0.4 is 5.32 Å². The van der Waals surface area contributed by atoms with E-state index in [2.05, 4.69) is 16.8 Å². The Morgan fingerprint density at radius 1 is 1.14 bits per heavy atom. The highest BCUT2D eigenvalue weighted by molar-refractivity contribution is 8.00. The summed E-state index contributed by atoms with van der Waals surface area (Å²) in [4.78, 5) is 2.49. The van der Waals surface area contributed by atoms with E-state index in [1.807, 2.05) is 6.08 Å². The van der Waals surface area contributed by atoms with E-state index in [-0.39, 0.29) is 47.5 Å². The van der Waals surface area contributed by atoms with Gasteiger partial charge in [0, 0.05) is 31.1 Å². The summed E-state index contributed by atoms with van der Waals surface area (Å²) in [6.07, 6.45) is 1.84. The molecule has 1 aromatic carbocycles. The van der Waals surface area contributed by atoms with Crippen LogP contribution in [0, 0.1) is 0 Å². The summed E-state index contributed by atoms with van der Waals surface area (Å²) in [7, 11) is 0. The predicted molar refractivity (Wildman–Crippen MR) is 90.2 cm³/mol. The van der Waals surface area contributed by atoms with E-state index in [0.29, 0.717) is 0 Å². The van der Waals surface area contributed by atoms with Crippen LogP contribution in [0.4, 0.5) is 13.2 Å². The molecule has 1 heterocycles. The van der Waals surface area contributed by atoms with Crippen LogP contribution in [-0.4, -0.2) is 36.6 Å². The Kier molecular flexibility index (Phi) is 9.50. The number of nitrogens with one attached hydrogen (secondary N) is 1. The Balaban J connectivity index is 0.00000220. The highest BCUT2D eigenvalue weighted by Crippen LogP contribution is 2.37. The van der Waals surface area contributed by atoms with E-state index in [4.69, 9.17) is 0 Å². The van der Waals surface area contributed by atoms with Gasteiger partial charge in [0.1, 0.15) is 0 Å². The molecular formula is C14H19Cl2F3N2S. The molecule has 0 spiro atoms. The minimum Gasteiger partial charge on any atom is -0.314 e. The number of hydrogen-bond donors (Lipinski definition) is 1. The normalized spacial score (nSPS) is 17.0. The molecule has 1 fully saturated rings. The highest BCUT2D eigenvalue weighted by Gasteiger charge is 2.29. The molecule has 1 aromatic rings. The van der Waals surface area contributed by atoms with Crippen LogP contribution in [-0.2, 0) is 0 Å². The number of halogens is 5. The Bertz CT molecular complexity index is 448. The summed E-state index contributed by atoms with van der Waals surface area (Å²) >= 11 is -0.0851. The number of piperazine rings is 1. The smallest absolute Gasteiger partial charge is 0.314 e. The molecule has 0 aliphatic carbocycles. The quantitative estimate of drug-likeness (QED) is 0.625. The van der Waals surface area contributed by atoms with Crippen molar-refractivity contribution in [3.05, 3.63) is 42.5 Å². The summed E-state index contributed by atoms with van der Waals surface area (Å²) in [6, 6.07) is 6.60. The third kappa shape index (κ3) is 6.38. The molecule has 1 aliphatic heterocycles. The number of benzene rings is 1. The van der Waals surface area contributed by atoms with Crippen LogP contribution in [0.15, 0.2) is 41.8 Å². The lowest BCUT2D eigenvalue weighted by Crippen LogP contribution is -2.44. The molecule has 2 nitrogen and oxygen atoms in total. The fourth-order valence-corrected chi connectivity index (χ4v) is 2.86. The van der Waals surface area contributed by atoms with E-state index in [9.17, 15) is 13.2 Å². The molecule has 0 aromatic heterocycles. The molecule has 8 heteroatoms. The van der Waals surface area contributed by atoms with E-state index in [1.165, 1.54) is 12.1 Å². The lowest BCUT2D eigenvalue weighted by Gasteiger charge is -2.33. The molecule has 2 rings (SSSR count). The Hall–Kier alpha value is -0.400. The third-order valence-electron chi connectivity index (χ3n) is 3.22. The van der Waals surface area contributed by atoms with Crippen LogP contribution in [0.25, 0.3) is 0 Å². The molecule has 1 saturated heterocycles. The van der Waals surface area contributed by atoms with Crippen molar-refractivity contribution < 1.29 is 13.2 Å². The van der Waals surface area contributed by atoms with Gasteiger partial charge in [-0.3, -0.25) is 4.90 Å². The monoisotopic (exact) mass is 374 g/mol. The Morgan fingerprint density at radius 2 is 1.68 bits per heavy atom. The lowest BCUT2D eigenvalue weighted by molar-refractivity contribution is -0.0328. The molecule has 0 radical (unpaired) electrons. The van der Waals surface area contributed by atoms with E-state index in [1.54, 1.807) is 12.1 Å². The molecule has 0 unspecified atom stereocenters. The van der Waals surface area contributed by atoms with Crippen molar-refractivity contribution >= 4 is 36.6 Å². The van der Waals surface area contributed by atoms with Gasteiger partial charge < -0.3 is 5.32 Å². The van der Waals surface area contributed by atoms with Crippen LogP contribution in [0.2, 0.25) is 0 Å². The van der Waals surface area contributed by atoms with Gasteiger partial charge >= 0.3 is 5.51 Å². The van der Waals surface area contributed by atoms with Gasteiger partial charge in [-0.05, 0) is 29.5 Å². The second kappa shape index (κ2) is 9.67. The first-order valence-corrected chi connectivity index (χ1v) is 7.24. The zero-order chi connectivity index (χ0) is 14.6. The predicted octanol–water partition coefficient (Wildman–Crippen LogP) is 4.27. The molecule has 0 bridgehead atoms. The molecule has 126 valence electrons. The second-order valence-electron chi connectivity index (χ2n) is 4.58. The number of nitrogens with zero attached hydrogens (tertiary/aromatic N) is 1. The van der Waals surface area contributed by atoms with Gasteiger partial charge in [0.05, 0.1) is 6.04 Å². The summed E-state index contributed by atoms with van der Waals surface area (Å²) in [6.45, 7) is 7.52. The first-order chi connectivity index (χ1) is 9.49. The zero-order valence-electron chi connectivity index (χ0n) is 11.8. The fourth-order valence-electron chi connectivity index (χ4n) is 2.32. The van der Waals surface area contributed by atoms with Gasteiger partial charge in [-0.1, -0.05) is 18.2 Å². The van der Waals surface area contributed by atoms with Crippen molar-refractivity contribution in [3.8, 4) is 0 Å². The SMILES string of the molecule is C=C[C@H](c1ccc(SC(F)(F)F)cc1)N1CCNCC1.Cl.Cl. The summed E-state index contributed by atoms with van der Waals surface area (Å²) in [5, 5.41) is 3.28. The van der Waals surface area contributed by atoms with Crippen molar-refractivity contribution in [2.45, 2.75) is 16.4 Å². The number of thioether (sulfide) groups is 1. The molecular weight excluding hydrogens is 356 g/mol. The topological polar surface area (TPSA) is 15.3 Å². The van der Waals surface area contributed by atoms with Gasteiger partial charge in [0.2, 0.25) is 0 Å². The maximum atomic E-state index is 12.3. The largest absolute Gasteiger partial charge is 0.446 e. The molecule has 1 atom stereocenters. The lowest BCUT2D eigenvalue weighted by atomic mass is 10.0. The van der Waals surface area contributed by atoms with Gasteiger partial charge in [0.25, 0.3) is 0 Å². The average molecular weight is 375 g/mol. The van der Waals surface area contributed by atoms with Crippen molar-refractivity contribution in [2.24, 2.45) is 0 Å². The Labute approximate surface area is 145 Å². The zero-order valence-corrected chi connectivity index (χ0v) is 14.3. The van der Waals surface area contributed by atoms with Crippen molar-refractivity contribution in [1.29, 1.82) is 0 Å². The van der Waals surface area contributed by atoms with Gasteiger partial charge in [0.15, 0.2) is 0 Å². The first-order valence-electron chi connectivity index (χ1n) is 6.42. The second-order valence-corrected chi connectivity index (χ2v) is 5.72. The highest BCUT2D eigenvalue weighted by atomic mass is 35.5. The van der Waals surface area contributed by atoms with Crippen LogP contribution in [0.5, 0.6) is 0 Å². The number of hydrogen-bond acceptors (Lipinski definition) is 3. The number of alkyl halides is 3. The third-order valence-corrected chi connectivity index (χ3v) is 3.96. The molecule has 1 N–H and O–H groups in total. The standard InChI is InChI=1S/C14H17F3N2S.2ClH/c1-2-13(19-9-7-18-8-10-19)11-3-5-12(6-4-11)20-14(15,16)17;;/h2-6,13,18H,1,7-10H2;2*1H/t13-;;/m1../s1. The molecule has 1 aliphatic rings. The maximum absolute atomic E-state index is 12.3.